The zero-order valence-electron chi connectivity index (χ0n) is 20.2. The Morgan fingerprint density at radius 1 is 1.00 bits per heavy atom. The van der Waals surface area contributed by atoms with Gasteiger partial charge in [-0.2, -0.15) is 0 Å². The molecule has 0 spiro atoms. The lowest BCUT2D eigenvalue weighted by Crippen LogP contribution is -2.65. The van der Waals surface area contributed by atoms with Gasteiger partial charge in [-0.25, -0.2) is 0 Å². The quantitative estimate of drug-likeness (QED) is 0.189. The minimum atomic E-state index is -0.617. The molecule has 4 unspecified atom stereocenters. The molecule has 2 aliphatic rings. The molecule has 0 aromatic rings. The molecule has 1 N–H and O–H groups in total. The van der Waals surface area contributed by atoms with E-state index in [1.54, 1.807) is 7.05 Å². The van der Waals surface area contributed by atoms with Gasteiger partial charge in [0.25, 0.3) is 0 Å². The van der Waals surface area contributed by atoms with Gasteiger partial charge in [-0.05, 0) is 26.2 Å². The summed E-state index contributed by atoms with van der Waals surface area (Å²) in [5, 5.41) is 15.6. The molecular weight excluding hydrogens is 376 g/mol. The van der Waals surface area contributed by atoms with Gasteiger partial charge in [0, 0.05) is 18.8 Å². The lowest BCUT2D eigenvalue weighted by atomic mass is 9.59. The number of unbranched alkanes of at least 4 members (excludes halogenated alkanes) is 9. The second kappa shape index (κ2) is 10.6. The van der Waals surface area contributed by atoms with Crippen LogP contribution in [0.1, 0.15) is 111 Å². The first-order chi connectivity index (χ1) is 14.1. The summed E-state index contributed by atoms with van der Waals surface area (Å²) >= 11 is 0. The molecule has 5 nitrogen and oxygen atoms in total. The number of carbonyl (C=O) groups excluding carboxylic acids is 2. The van der Waals surface area contributed by atoms with Crippen molar-refractivity contribution in [2.45, 2.75) is 117 Å². The first-order valence-electron chi connectivity index (χ1n) is 12.5. The van der Waals surface area contributed by atoms with Crippen LogP contribution in [-0.4, -0.2) is 35.6 Å². The van der Waals surface area contributed by atoms with Gasteiger partial charge in [-0.3, -0.25) is 14.9 Å². The van der Waals surface area contributed by atoms with Gasteiger partial charge in [0.15, 0.2) is 0 Å². The van der Waals surface area contributed by atoms with E-state index in [1.165, 1.54) is 51.4 Å². The summed E-state index contributed by atoms with van der Waals surface area (Å²) in [5.41, 5.74) is -1.08. The molecule has 0 bridgehead atoms. The number of hydrogen-bond donors (Lipinski definition) is 1. The van der Waals surface area contributed by atoms with E-state index in [2.05, 4.69) is 19.2 Å². The molecule has 2 fully saturated rings. The lowest BCUT2D eigenvalue weighted by molar-refractivity contribution is -0.922. The normalized spacial score (nSPS) is 33.7. The van der Waals surface area contributed by atoms with Crippen LogP contribution in [0.3, 0.4) is 0 Å². The first kappa shape index (κ1) is 25.3. The molecule has 2 saturated heterocycles. The predicted octanol–water partition coefficient (Wildman–Crippen LogP) is 5.71. The fraction of sp³-hybridized carbons (Fsp3) is 0.920. The highest BCUT2D eigenvalue weighted by molar-refractivity contribution is 6.06. The van der Waals surface area contributed by atoms with Crippen molar-refractivity contribution in [3.63, 3.8) is 0 Å². The average molecular weight is 423 g/mol. The van der Waals surface area contributed by atoms with Gasteiger partial charge in [0.2, 0.25) is 11.8 Å². The largest absolute Gasteiger partial charge is 0.633 e. The number of nitrogens with zero attached hydrogens (tertiary/aromatic N) is 1. The minimum absolute atomic E-state index is 0.0851. The number of hydroxylamine groups is 3. The topological polar surface area (TPSA) is 69.2 Å². The van der Waals surface area contributed by atoms with E-state index < -0.39 is 11.0 Å². The molecule has 2 aliphatic heterocycles. The summed E-state index contributed by atoms with van der Waals surface area (Å²) in [7, 11) is 1.75. The van der Waals surface area contributed by atoms with Crippen LogP contribution in [-0.2, 0) is 9.59 Å². The number of carbonyl (C=O) groups is 2. The van der Waals surface area contributed by atoms with Gasteiger partial charge in [-0.1, -0.05) is 78.1 Å². The van der Waals surface area contributed by atoms with E-state index in [9.17, 15) is 14.8 Å². The molecule has 0 aromatic carbocycles. The van der Waals surface area contributed by atoms with Crippen molar-refractivity contribution in [3.05, 3.63) is 5.21 Å². The number of quaternary nitrogens is 1. The molecule has 174 valence electrons. The summed E-state index contributed by atoms with van der Waals surface area (Å²) in [5.74, 6) is -0.0358. The third-order valence-corrected chi connectivity index (χ3v) is 8.67. The third-order valence-electron chi connectivity index (χ3n) is 8.67. The highest BCUT2D eigenvalue weighted by atomic mass is 16.5. The second-order valence-electron chi connectivity index (χ2n) is 10.8. The van der Waals surface area contributed by atoms with Crippen LogP contribution in [0.5, 0.6) is 0 Å². The van der Waals surface area contributed by atoms with E-state index in [4.69, 9.17) is 0 Å². The van der Waals surface area contributed by atoms with Crippen LogP contribution in [0.2, 0.25) is 0 Å². The summed E-state index contributed by atoms with van der Waals surface area (Å²) in [6.45, 7) is 8.94. The van der Waals surface area contributed by atoms with Crippen LogP contribution in [0, 0.1) is 22.5 Å². The summed E-state index contributed by atoms with van der Waals surface area (Å²) in [6.07, 6.45) is 14.4. The fourth-order valence-electron chi connectivity index (χ4n) is 5.88. The molecule has 30 heavy (non-hydrogen) atoms. The van der Waals surface area contributed by atoms with E-state index in [1.807, 2.05) is 13.8 Å². The Hall–Kier alpha value is -0.940. The summed E-state index contributed by atoms with van der Waals surface area (Å²) < 4.78 is -0.269. The molecule has 2 heterocycles. The van der Waals surface area contributed by atoms with Gasteiger partial charge in [0.1, 0.15) is 0 Å². The molecule has 0 radical (unpaired) electrons. The molecule has 4 atom stereocenters. The van der Waals surface area contributed by atoms with Crippen LogP contribution in [0.15, 0.2) is 0 Å². The lowest BCUT2D eigenvalue weighted by Gasteiger charge is -2.61. The fourth-order valence-corrected chi connectivity index (χ4v) is 5.88. The Morgan fingerprint density at radius 2 is 1.53 bits per heavy atom. The molecule has 0 saturated carbocycles. The molecule has 0 aromatic heterocycles. The zero-order valence-corrected chi connectivity index (χ0v) is 20.2. The Labute approximate surface area is 184 Å². The summed E-state index contributed by atoms with van der Waals surface area (Å²) in [4.78, 5) is 25.2. The second-order valence-corrected chi connectivity index (χ2v) is 10.8. The van der Waals surface area contributed by atoms with Crippen LogP contribution < -0.4 is 5.32 Å². The maximum atomic E-state index is 13.0. The van der Waals surface area contributed by atoms with Crippen LogP contribution in [0.4, 0.5) is 0 Å². The monoisotopic (exact) mass is 422 g/mol. The zero-order chi connectivity index (χ0) is 22.4. The molecular formula is C25H46N2O3. The molecule has 0 aliphatic carbocycles. The van der Waals surface area contributed by atoms with E-state index in [0.717, 1.165) is 25.7 Å². The number of nitrogens with one attached hydrogen (secondary N) is 1. The van der Waals surface area contributed by atoms with Crippen LogP contribution in [0.25, 0.3) is 0 Å². The Morgan fingerprint density at radius 3 is 2.03 bits per heavy atom. The van der Waals surface area contributed by atoms with Crippen molar-refractivity contribution in [2.24, 2.45) is 17.3 Å². The highest BCUT2D eigenvalue weighted by Gasteiger charge is 2.59. The smallest absolute Gasteiger partial charge is 0.233 e. The first-order valence-corrected chi connectivity index (χ1v) is 12.5. The summed E-state index contributed by atoms with van der Waals surface area (Å²) in [6, 6.07) is 0. The van der Waals surface area contributed by atoms with E-state index in [-0.39, 0.29) is 28.3 Å². The van der Waals surface area contributed by atoms with Crippen LogP contribution >= 0.6 is 0 Å². The SMILES string of the molecule is CCCCCCCCCCCCC1(C2CC[N+](C)([O-])C(C)(C)C2C)CC(=O)NC1=O. The van der Waals surface area contributed by atoms with Gasteiger partial charge >= 0.3 is 0 Å². The standard InChI is InChI=1S/C25H46N2O3/c1-6-7-8-9-10-11-12-13-14-15-17-25(19-22(28)26-23(25)29)21-16-18-27(5,30)24(3,4)20(21)2/h20-21H,6-19H2,1-5H3,(H,26,28,29). The number of amides is 2. The van der Waals surface area contributed by atoms with Crippen molar-refractivity contribution in [1.82, 2.24) is 5.32 Å². The van der Waals surface area contributed by atoms with Crippen molar-refractivity contribution < 1.29 is 14.2 Å². The minimum Gasteiger partial charge on any atom is -0.633 e. The van der Waals surface area contributed by atoms with E-state index in [0.29, 0.717) is 13.0 Å². The number of hydrogen-bond acceptors (Lipinski definition) is 3. The predicted molar refractivity (Wildman–Crippen MR) is 122 cm³/mol. The Bertz CT molecular complexity index is 587. The van der Waals surface area contributed by atoms with Gasteiger partial charge < -0.3 is 9.85 Å². The highest BCUT2D eigenvalue weighted by Crippen LogP contribution is 2.53. The number of likely N-dealkylation sites (tertiary alicyclic amines) is 1. The number of piperidine rings is 1. The van der Waals surface area contributed by atoms with Crippen molar-refractivity contribution >= 4 is 11.8 Å². The number of imide groups is 1. The van der Waals surface area contributed by atoms with Crippen molar-refractivity contribution in [1.29, 1.82) is 0 Å². The van der Waals surface area contributed by atoms with E-state index >= 15 is 0 Å². The molecule has 5 heteroatoms. The van der Waals surface area contributed by atoms with Gasteiger partial charge in [0.05, 0.1) is 24.5 Å². The number of rotatable bonds is 12. The molecule has 2 amide bonds. The third kappa shape index (κ3) is 5.45. The van der Waals surface area contributed by atoms with Crippen molar-refractivity contribution in [2.75, 3.05) is 13.6 Å². The maximum Gasteiger partial charge on any atom is 0.233 e. The molecule has 2 rings (SSSR count). The average Bonchev–Trinajstić information content (AvgIpc) is 2.96. The van der Waals surface area contributed by atoms with Crippen molar-refractivity contribution in [3.8, 4) is 0 Å². The van der Waals surface area contributed by atoms with Gasteiger partial charge in [-0.15, -0.1) is 0 Å². The Kier molecular flexibility index (Phi) is 8.93. The Balaban J connectivity index is 1.91. The maximum absolute atomic E-state index is 13.0.